The first kappa shape index (κ1) is 21.5. The van der Waals surface area contributed by atoms with Crippen LogP contribution < -0.4 is 10.0 Å². The van der Waals surface area contributed by atoms with E-state index in [1.807, 2.05) is 18.2 Å². The average Bonchev–Trinajstić information content (AvgIpc) is 3.47. The number of carbonyl (C=O) groups excluding carboxylic acids is 1. The van der Waals surface area contributed by atoms with Gasteiger partial charge >= 0.3 is 0 Å². The second-order valence-electron chi connectivity index (χ2n) is 7.84. The van der Waals surface area contributed by atoms with Gasteiger partial charge in [-0.05, 0) is 47.6 Å². The number of amides is 1. The molecule has 2 atom stereocenters. The highest BCUT2D eigenvalue weighted by molar-refractivity contribution is 7.93. The van der Waals surface area contributed by atoms with Gasteiger partial charge in [-0.3, -0.25) is 14.5 Å². The molecule has 0 bridgehead atoms. The first-order valence-electron chi connectivity index (χ1n) is 10.3. The Labute approximate surface area is 194 Å². The van der Waals surface area contributed by atoms with Gasteiger partial charge in [0.2, 0.25) is 5.91 Å². The van der Waals surface area contributed by atoms with Crippen LogP contribution in [0.5, 0.6) is 0 Å². The Kier molecular flexibility index (Phi) is 5.57. The van der Waals surface area contributed by atoms with Gasteiger partial charge in [0.15, 0.2) is 5.13 Å². The number of nitrogens with one attached hydrogen (secondary N) is 2. The molecule has 1 fully saturated rings. The summed E-state index contributed by atoms with van der Waals surface area (Å²) in [4.78, 5) is 21.0. The lowest BCUT2D eigenvalue weighted by Crippen LogP contribution is -2.14. The molecular formula is C23H20N4O4S2. The summed E-state index contributed by atoms with van der Waals surface area (Å²) < 4.78 is 27.4. The molecule has 2 aromatic carbocycles. The van der Waals surface area contributed by atoms with E-state index in [1.54, 1.807) is 42.0 Å². The van der Waals surface area contributed by atoms with Crippen molar-refractivity contribution in [1.82, 2.24) is 9.97 Å². The van der Waals surface area contributed by atoms with Gasteiger partial charge in [-0.25, -0.2) is 13.4 Å². The molecule has 10 heteroatoms. The molecule has 8 nitrogen and oxygen atoms in total. The number of carbonyl (C=O) groups is 1. The SMILES string of the molecule is O=C(Nc1ccc2cncc(CO)c2c1)[C@@H]1C[C@H]1c1ccc(S(=O)(=O)Nc2nccs2)cc1. The minimum Gasteiger partial charge on any atom is -0.392 e. The lowest BCUT2D eigenvalue weighted by Gasteiger charge is -2.09. The second-order valence-corrected chi connectivity index (χ2v) is 10.4. The maximum absolute atomic E-state index is 12.8. The Morgan fingerprint density at radius 1 is 1.15 bits per heavy atom. The third-order valence-corrected chi connectivity index (χ3v) is 7.85. The number of nitrogens with zero attached hydrogens (tertiary/aromatic N) is 2. The van der Waals surface area contributed by atoms with Crippen LogP contribution in [-0.4, -0.2) is 29.4 Å². The fourth-order valence-corrected chi connectivity index (χ4v) is 5.65. The molecule has 0 radical (unpaired) electrons. The standard InChI is InChI=1S/C23H20N4O4S2/c28-13-16-12-24-11-15-1-4-17(9-19(15)16)26-22(29)21-10-20(21)14-2-5-18(6-3-14)33(30,31)27-23-25-7-8-32-23/h1-9,11-12,20-21,28H,10,13H2,(H,25,27)(H,26,29)/t20-,21+/m0/s1. The van der Waals surface area contributed by atoms with E-state index < -0.39 is 10.0 Å². The molecule has 3 N–H and O–H groups in total. The summed E-state index contributed by atoms with van der Waals surface area (Å²) in [5.41, 5.74) is 2.29. The minimum atomic E-state index is -3.70. The summed E-state index contributed by atoms with van der Waals surface area (Å²) in [5, 5.41) is 16.2. The van der Waals surface area contributed by atoms with E-state index in [1.165, 1.54) is 17.5 Å². The lowest BCUT2D eigenvalue weighted by molar-refractivity contribution is -0.117. The van der Waals surface area contributed by atoms with Gasteiger partial charge in [0.1, 0.15) is 0 Å². The van der Waals surface area contributed by atoms with E-state index in [4.69, 9.17) is 0 Å². The van der Waals surface area contributed by atoms with Crippen LogP contribution in [0, 0.1) is 5.92 Å². The van der Waals surface area contributed by atoms with E-state index in [0.717, 1.165) is 16.3 Å². The fraction of sp³-hybridized carbons (Fsp3) is 0.174. The zero-order valence-corrected chi connectivity index (χ0v) is 18.9. The molecule has 0 saturated heterocycles. The van der Waals surface area contributed by atoms with Crippen LogP contribution in [0.15, 0.2) is 71.3 Å². The van der Waals surface area contributed by atoms with Gasteiger partial charge in [0, 0.05) is 46.5 Å². The van der Waals surface area contributed by atoms with Crippen LogP contribution in [0.2, 0.25) is 0 Å². The number of thiazole rings is 1. The maximum Gasteiger partial charge on any atom is 0.263 e. The quantitative estimate of drug-likeness (QED) is 0.371. The van der Waals surface area contributed by atoms with Crippen LogP contribution in [0.3, 0.4) is 0 Å². The number of sulfonamides is 1. The zero-order chi connectivity index (χ0) is 23.0. The number of fused-ring (bicyclic) bond motifs is 1. The molecule has 0 aliphatic heterocycles. The van der Waals surface area contributed by atoms with E-state index in [-0.39, 0.29) is 29.2 Å². The third-order valence-electron chi connectivity index (χ3n) is 5.68. The molecule has 5 rings (SSSR count). The lowest BCUT2D eigenvalue weighted by atomic mass is 10.1. The summed E-state index contributed by atoms with van der Waals surface area (Å²) >= 11 is 1.21. The monoisotopic (exact) mass is 480 g/mol. The second kappa shape index (κ2) is 8.54. The fourth-order valence-electron chi connectivity index (χ4n) is 3.86. The van der Waals surface area contributed by atoms with Crippen LogP contribution in [-0.2, 0) is 21.4 Å². The van der Waals surface area contributed by atoms with Crippen molar-refractivity contribution in [3.05, 3.63) is 77.6 Å². The predicted molar refractivity (Wildman–Crippen MR) is 127 cm³/mol. The van der Waals surface area contributed by atoms with Gasteiger partial charge in [0.25, 0.3) is 10.0 Å². The molecule has 1 aliphatic rings. The number of benzene rings is 2. The predicted octanol–water partition coefficient (Wildman–Crippen LogP) is 3.73. The molecule has 0 unspecified atom stereocenters. The Hall–Kier alpha value is -3.34. The third kappa shape index (κ3) is 4.45. The zero-order valence-electron chi connectivity index (χ0n) is 17.3. The van der Waals surface area contributed by atoms with Crippen molar-refractivity contribution in [1.29, 1.82) is 0 Å². The molecule has 2 aromatic heterocycles. The smallest absolute Gasteiger partial charge is 0.263 e. The van der Waals surface area contributed by atoms with Gasteiger partial charge in [-0.15, -0.1) is 11.3 Å². The van der Waals surface area contributed by atoms with Crippen LogP contribution in [0.4, 0.5) is 10.8 Å². The molecule has 1 aliphatic carbocycles. The Morgan fingerprint density at radius 2 is 1.97 bits per heavy atom. The number of hydrogen-bond donors (Lipinski definition) is 3. The molecule has 33 heavy (non-hydrogen) atoms. The van der Waals surface area contributed by atoms with E-state index in [0.29, 0.717) is 22.8 Å². The highest BCUT2D eigenvalue weighted by Crippen LogP contribution is 2.48. The van der Waals surface area contributed by atoms with Gasteiger partial charge < -0.3 is 10.4 Å². The molecule has 4 aromatic rings. The number of aliphatic hydroxyl groups excluding tert-OH is 1. The summed E-state index contributed by atoms with van der Waals surface area (Å²) in [6.45, 7) is -0.127. The summed E-state index contributed by atoms with van der Waals surface area (Å²) in [7, 11) is -3.70. The van der Waals surface area contributed by atoms with Crippen molar-refractivity contribution < 1.29 is 18.3 Å². The van der Waals surface area contributed by atoms with Gasteiger partial charge in [-0.1, -0.05) is 18.2 Å². The summed E-state index contributed by atoms with van der Waals surface area (Å²) in [6, 6.07) is 12.1. The molecule has 0 spiro atoms. The number of anilines is 2. The molecular weight excluding hydrogens is 460 g/mol. The largest absolute Gasteiger partial charge is 0.392 e. The first-order valence-corrected chi connectivity index (χ1v) is 12.6. The number of hydrogen-bond acceptors (Lipinski definition) is 7. The molecule has 1 saturated carbocycles. The van der Waals surface area contributed by atoms with Crippen molar-refractivity contribution in [2.24, 2.45) is 5.92 Å². The number of rotatable bonds is 7. The Bertz CT molecular complexity index is 1420. The van der Waals surface area contributed by atoms with Crippen molar-refractivity contribution in [3.8, 4) is 0 Å². The molecule has 2 heterocycles. The molecule has 168 valence electrons. The number of pyridine rings is 1. The summed E-state index contributed by atoms with van der Waals surface area (Å²) in [5.74, 6) is -0.209. The Morgan fingerprint density at radius 3 is 2.70 bits per heavy atom. The maximum atomic E-state index is 12.8. The first-order chi connectivity index (χ1) is 15.9. The van der Waals surface area contributed by atoms with Crippen LogP contribution in [0.1, 0.15) is 23.5 Å². The van der Waals surface area contributed by atoms with Crippen molar-refractivity contribution in [2.75, 3.05) is 10.0 Å². The number of aliphatic hydroxyl groups is 1. The average molecular weight is 481 g/mol. The minimum absolute atomic E-state index is 0.0475. The van der Waals surface area contributed by atoms with Crippen molar-refractivity contribution in [2.45, 2.75) is 23.8 Å². The van der Waals surface area contributed by atoms with Crippen molar-refractivity contribution in [3.63, 3.8) is 0 Å². The van der Waals surface area contributed by atoms with Crippen LogP contribution >= 0.6 is 11.3 Å². The van der Waals surface area contributed by atoms with E-state index in [9.17, 15) is 18.3 Å². The van der Waals surface area contributed by atoms with Gasteiger partial charge in [-0.2, -0.15) is 0 Å². The normalized spacial score (nSPS) is 17.6. The molecule has 1 amide bonds. The van der Waals surface area contributed by atoms with E-state index in [2.05, 4.69) is 20.0 Å². The highest BCUT2D eigenvalue weighted by Gasteiger charge is 2.44. The number of aromatic nitrogens is 2. The van der Waals surface area contributed by atoms with Crippen molar-refractivity contribution >= 4 is 48.9 Å². The topological polar surface area (TPSA) is 121 Å². The van der Waals surface area contributed by atoms with E-state index >= 15 is 0 Å². The van der Waals surface area contributed by atoms with Crippen LogP contribution in [0.25, 0.3) is 10.8 Å². The Balaban J connectivity index is 1.25. The summed E-state index contributed by atoms with van der Waals surface area (Å²) in [6.07, 6.45) is 5.56. The highest BCUT2D eigenvalue weighted by atomic mass is 32.2. The van der Waals surface area contributed by atoms with Gasteiger partial charge in [0.05, 0.1) is 11.5 Å².